The molecule has 0 aliphatic heterocycles. The molecule has 3 N–H and O–H groups in total. The monoisotopic (exact) mass is 416 g/mol. The van der Waals surface area contributed by atoms with Crippen LogP contribution in [0.5, 0.6) is 0 Å². The Morgan fingerprint density at radius 3 is 2.56 bits per heavy atom. The Kier molecular flexibility index (Phi) is 4.50. The van der Waals surface area contributed by atoms with Gasteiger partial charge in [0.1, 0.15) is 0 Å². The first kappa shape index (κ1) is 13.7. The fourth-order valence-corrected chi connectivity index (χ4v) is 2.84. The topological polar surface area (TPSA) is 38.0 Å². The lowest BCUT2D eigenvalue weighted by Crippen LogP contribution is -1.98. The summed E-state index contributed by atoms with van der Waals surface area (Å²) in [6.45, 7) is 2.15. The van der Waals surface area contributed by atoms with E-state index < -0.39 is 0 Å². The van der Waals surface area contributed by atoms with E-state index in [2.05, 4.69) is 62.9 Å². The molecule has 2 aromatic carbocycles. The summed E-state index contributed by atoms with van der Waals surface area (Å²) in [5, 5.41) is 3.46. The van der Waals surface area contributed by atoms with Gasteiger partial charge < -0.3 is 11.1 Å². The van der Waals surface area contributed by atoms with E-state index in [1.807, 2.05) is 24.3 Å². The van der Waals surface area contributed by atoms with Gasteiger partial charge in [0.25, 0.3) is 0 Å². The highest BCUT2D eigenvalue weighted by Crippen LogP contribution is 2.28. The van der Waals surface area contributed by atoms with Crippen LogP contribution in [-0.4, -0.2) is 0 Å². The molecule has 4 heteroatoms. The molecule has 18 heavy (non-hydrogen) atoms. The van der Waals surface area contributed by atoms with Crippen LogP contribution in [0.25, 0.3) is 0 Å². The van der Waals surface area contributed by atoms with Gasteiger partial charge in [-0.05, 0) is 71.0 Å². The predicted octanol–water partition coefficient (Wildman–Crippen LogP) is 4.94. The fraction of sp³-hybridized carbons (Fsp3) is 0.143. The van der Waals surface area contributed by atoms with E-state index >= 15 is 0 Å². The number of hydrogen-bond donors (Lipinski definition) is 2. The first-order chi connectivity index (χ1) is 8.60. The molecule has 0 heterocycles. The van der Waals surface area contributed by atoms with Crippen molar-refractivity contribution in [3.63, 3.8) is 0 Å². The van der Waals surface area contributed by atoms with Crippen molar-refractivity contribution in [1.29, 1.82) is 0 Å². The third kappa shape index (κ3) is 3.17. The fourth-order valence-electron chi connectivity index (χ4n) is 1.75. The summed E-state index contributed by atoms with van der Waals surface area (Å²) in [5.74, 6) is 0. The second-order valence-corrected chi connectivity index (χ2v) is 6.10. The maximum atomic E-state index is 5.76. The molecular formula is C14H14BrIN2. The van der Waals surface area contributed by atoms with Gasteiger partial charge in [-0.1, -0.05) is 22.9 Å². The van der Waals surface area contributed by atoms with Gasteiger partial charge in [-0.25, -0.2) is 0 Å². The minimum absolute atomic E-state index is 0.788. The molecule has 0 bridgehead atoms. The summed E-state index contributed by atoms with van der Waals surface area (Å²) in [5.41, 5.74) is 10.1. The number of halogens is 2. The van der Waals surface area contributed by atoms with Crippen LogP contribution in [0.2, 0.25) is 0 Å². The van der Waals surface area contributed by atoms with Crippen molar-refractivity contribution >= 4 is 55.6 Å². The highest BCUT2D eigenvalue weighted by Gasteiger charge is 2.05. The van der Waals surface area contributed by atoms with Gasteiger partial charge in [-0.2, -0.15) is 0 Å². The smallest absolute Gasteiger partial charge is 0.0521 e. The molecular weight excluding hydrogens is 403 g/mol. The van der Waals surface area contributed by atoms with Gasteiger partial charge in [0, 0.05) is 19.4 Å². The summed E-state index contributed by atoms with van der Waals surface area (Å²) >= 11 is 5.79. The van der Waals surface area contributed by atoms with E-state index in [4.69, 9.17) is 5.73 Å². The summed E-state index contributed by atoms with van der Waals surface area (Å²) in [6, 6.07) is 12.2. The van der Waals surface area contributed by atoms with Crippen molar-refractivity contribution in [2.75, 3.05) is 11.1 Å². The quantitative estimate of drug-likeness (QED) is 0.549. The maximum absolute atomic E-state index is 5.76. The molecule has 0 aliphatic rings. The normalized spacial score (nSPS) is 10.4. The standard InChI is InChI=1S/C14H14BrIN2/c1-2-9-7-10(15)3-5-13(9)18-14-6-4-11(17)8-12(14)16/h3-8,18H,2,17H2,1H3. The SMILES string of the molecule is CCc1cc(Br)ccc1Nc1ccc(N)cc1I. The van der Waals surface area contributed by atoms with Crippen molar-refractivity contribution in [3.8, 4) is 0 Å². The number of hydrogen-bond acceptors (Lipinski definition) is 2. The minimum Gasteiger partial charge on any atom is -0.399 e. The summed E-state index contributed by atoms with van der Waals surface area (Å²) in [7, 11) is 0. The molecule has 0 radical (unpaired) electrons. The van der Waals surface area contributed by atoms with E-state index in [9.17, 15) is 0 Å². The molecule has 0 atom stereocenters. The van der Waals surface area contributed by atoms with E-state index in [-0.39, 0.29) is 0 Å². The minimum atomic E-state index is 0.788. The number of aryl methyl sites for hydroxylation is 1. The van der Waals surface area contributed by atoms with Crippen molar-refractivity contribution in [3.05, 3.63) is 50.0 Å². The van der Waals surface area contributed by atoms with Gasteiger partial charge >= 0.3 is 0 Å². The Morgan fingerprint density at radius 2 is 1.89 bits per heavy atom. The first-order valence-corrected chi connectivity index (χ1v) is 7.58. The zero-order chi connectivity index (χ0) is 13.1. The molecule has 94 valence electrons. The van der Waals surface area contributed by atoms with Crippen LogP contribution in [0.15, 0.2) is 40.9 Å². The number of anilines is 3. The third-order valence-corrected chi connectivity index (χ3v) is 4.10. The van der Waals surface area contributed by atoms with Crippen LogP contribution in [-0.2, 0) is 6.42 Å². The molecule has 0 unspecified atom stereocenters. The molecule has 0 aromatic heterocycles. The Balaban J connectivity index is 2.33. The van der Waals surface area contributed by atoms with Crippen LogP contribution < -0.4 is 11.1 Å². The largest absolute Gasteiger partial charge is 0.399 e. The second-order valence-electron chi connectivity index (χ2n) is 4.02. The molecule has 2 aromatic rings. The lowest BCUT2D eigenvalue weighted by Gasteiger charge is -2.13. The van der Waals surface area contributed by atoms with E-state index in [1.165, 1.54) is 5.56 Å². The highest BCUT2D eigenvalue weighted by molar-refractivity contribution is 14.1. The summed E-state index contributed by atoms with van der Waals surface area (Å²) in [6.07, 6.45) is 0.993. The second kappa shape index (κ2) is 5.93. The molecule has 0 saturated heterocycles. The van der Waals surface area contributed by atoms with Gasteiger partial charge in [0.05, 0.1) is 5.69 Å². The van der Waals surface area contributed by atoms with Crippen molar-refractivity contribution in [2.24, 2.45) is 0 Å². The Bertz CT molecular complexity index is 570. The van der Waals surface area contributed by atoms with Crippen LogP contribution in [0.3, 0.4) is 0 Å². The van der Waals surface area contributed by atoms with Crippen molar-refractivity contribution in [2.45, 2.75) is 13.3 Å². The molecule has 0 fully saturated rings. The van der Waals surface area contributed by atoms with Crippen molar-refractivity contribution < 1.29 is 0 Å². The van der Waals surface area contributed by atoms with E-state index in [1.54, 1.807) is 0 Å². The average molecular weight is 417 g/mol. The maximum Gasteiger partial charge on any atom is 0.0521 e. The average Bonchev–Trinajstić information content (AvgIpc) is 2.34. The zero-order valence-electron chi connectivity index (χ0n) is 10.0. The molecule has 2 nitrogen and oxygen atoms in total. The molecule has 0 amide bonds. The number of benzene rings is 2. The summed E-state index contributed by atoms with van der Waals surface area (Å²) in [4.78, 5) is 0. The first-order valence-electron chi connectivity index (χ1n) is 5.70. The highest BCUT2D eigenvalue weighted by atomic mass is 127. The van der Waals surface area contributed by atoms with Gasteiger partial charge in [0.15, 0.2) is 0 Å². The number of rotatable bonds is 3. The lowest BCUT2D eigenvalue weighted by atomic mass is 10.1. The Hall–Kier alpha value is -0.750. The third-order valence-electron chi connectivity index (χ3n) is 2.71. The molecule has 2 rings (SSSR count). The summed E-state index contributed by atoms with van der Waals surface area (Å²) < 4.78 is 2.23. The van der Waals surface area contributed by atoms with Gasteiger partial charge in [-0.15, -0.1) is 0 Å². The van der Waals surface area contributed by atoms with Crippen LogP contribution in [0.1, 0.15) is 12.5 Å². The van der Waals surface area contributed by atoms with Crippen LogP contribution in [0, 0.1) is 3.57 Å². The number of nitrogens with one attached hydrogen (secondary N) is 1. The molecule has 0 saturated carbocycles. The molecule has 0 aliphatic carbocycles. The number of nitrogens with two attached hydrogens (primary N) is 1. The zero-order valence-corrected chi connectivity index (χ0v) is 13.7. The predicted molar refractivity (Wildman–Crippen MR) is 90.4 cm³/mol. The van der Waals surface area contributed by atoms with Crippen LogP contribution >= 0.6 is 38.5 Å². The van der Waals surface area contributed by atoms with E-state index in [0.29, 0.717) is 0 Å². The van der Waals surface area contributed by atoms with Gasteiger partial charge in [-0.3, -0.25) is 0 Å². The lowest BCUT2D eigenvalue weighted by molar-refractivity contribution is 1.14. The van der Waals surface area contributed by atoms with Crippen LogP contribution in [0.4, 0.5) is 17.1 Å². The van der Waals surface area contributed by atoms with Gasteiger partial charge in [0.2, 0.25) is 0 Å². The molecule has 0 spiro atoms. The van der Waals surface area contributed by atoms with E-state index in [0.717, 1.165) is 31.5 Å². The Labute approximate surface area is 129 Å². The number of nitrogen functional groups attached to an aromatic ring is 1. The van der Waals surface area contributed by atoms with Crippen molar-refractivity contribution in [1.82, 2.24) is 0 Å². The Morgan fingerprint density at radius 1 is 1.17 bits per heavy atom.